The van der Waals surface area contributed by atoms with Crippen LogP contribution in [0.15, 0.2) is 29.2 Å². The molecule has 0 aromatic heterocycles. The summed E-state index contributed by atoms with van der Waals surface area (Å²) in [5, 5.41) is 0.357. The number of carbonyl (C=O) groups excluding carboxylic acids is 1. The van der Waals surface area contributed by atoms with Gasteiger partial charge in [0.1, 0.15) is 6.04 Å². The van der Waals surface area contributed by atoms with Crippen LogP contribution in [-0.4, -0.2) is 30.7 Å². The standard InChI is InChI=1S/C15H19ClN2O3S/c16-11-5-3-6-12(9-11)22(20,21)18-13-7-2-1-4-10(13)8-14(18)15(17)19/h3,5-6,9-10,13-14H,1-2,4,7-8H2,(H2,17,19)/t10-,13-,14+/m1/s1. The fraction of sp³-hybridized carbons (Fsp3) is 0.533. The van der Waals surface area contributed by atoms with Gasteiger partial charge in [0.15, 0.2) is 0 Å². The van der Waals surface area contributed by atoms with Crippen molar-refractivity contribution in [3.8, 4) is 0 Å². The summed E-state index contributed by atoms with van der Waals surface area (Å²) < 4.78 is 27.4. The third-order valence-corrected chi connectivity index (χ3v) is 6.89. The molecule has 120 valence electrons. The molecule has 0 radical (unpaired) electrons. The highest BCUT2D eigenvalue weighted by Gasteiger charge is 2.50. The SMILES string of the molecule is NC(=O)[C@@H]1C[C@H]2CCCC[C@H]2N1S(=O)(=O)c1cccc(Cl)c1. The van der Waals surface area contributed by atoms with Crippen molar-refractivity contribution in [1.29, 1.82) is 0 Å². The van der Waals surface area contributed by atoms with Crippen molar-refractivity contribution in [3.63, 3.8) is 0 Å². The van der Waals surface area contributed by atoms with Gasteiger partial charge in [-0.15, -0.1) is 0 Å². The molecule has 22 heavy (non-hydrogen) atoms. The first-order valence-corrected chi connectivity index (χ1v) is 9.31. The van der Waals surface area contributed by atoms with Crippen molar-refractivity contribution in [2.24, 2.45) is 11.7 Å². The highest BCUT2D eigenvalue weighted by Crippen LogP contribution is 2.42. The van der Waals surface area contributed by atoms with E-state index in [9.17, 15) is 13.2 Å². The number of nitrogens with zero attached hydrogens (tertiary/aromatic N) is 1. The van der Waals surface area contributed by atoms with Gasteiger partial charge in [0.2, 0.25) is 15.9 Å². The van der Waals surface area contributed by atoms with E-state index in [1.807, 2.05) is 0 Å². The molecule has 2 N–H and O–H groups in total. The van der Waals surface area contributed by atoms with Gasteiger partial charge >= 0.3 is 0 Å². The van der Waals surface area contributed by atoms with Gasteiger partial charge in [0.05, 0.1) is 4.90 Å². The molecule has 2 fully saturated rings. The lowest BCUT2D eigenvalue weighted by Crippen LogP contribution is -2.48. The Labute approximate surface area is 135 Å². The molecular weight excluding hydrogens is 324 g/mol. The predicted molar refractivity (Wildman–Crippen MR) is 83.8 cm³/mol. The van der Waals surface area contributed by atoms with Crippen LogP contribution in [-0.2, 0) is 14.8 Å². The van der Waals surface area contributed by atoms with Crippen molar-refractivity contribution in [1.82, 2.24) is 4.31 Å². The molecule has 0 spiro atoms. The molecule has 1 aromatic rings. The Morgan fingerprint density at radius 1 is 1.27 bits per heavy atom. The van der Waals surface area contributed by atoms with Gasteiger partial charge in [-0.3, -0.25) is 4.79 Å². The lowest BCUT2D eigenvalue weighted by Gasteiger charge is -2.32. The fourth-order valence-corrected chi connectivity index (χ4v) is 5.94. The van der Waals surface area contributed by atoms with Crippen LogP contribution in [0.4, 0.5) is 0 Å². The number of halogens is 1. The second-order valence-corrected chi connectivity index (χ2v) is 8.34. The molecule has 0 unspecified atom stereocenters. The molecule has 1 saturated carbocycles. The molecule has 0 bridgehead atoms. The number of rotatable bonds is 3. The lowest BCUT2D eigenvalue weighted by atomic mass is 9.85. The third kappa shape index (κ3) is 2.64. The number of benzene rings is 1. The van der Waals surface area contributed by atoms with Crippen molar-refractivity contribution in [2.75, 3.05) is 0 Å². The molecule has 7 heteroatoms. The minimum Gasteiger partial charge on any atom is -0.368 e. The molecule has 3 rings (SSSR count). The van der Waals surface area contributed by atoms with Crippen molar-refractivity contribution in [3.05, 3.63) is 29.3 Å². The maximum absolute atomic E-state index is 13.0. The second-order valence-electron chi connectivity index (χ2n) is 6.06. The zero-order valence-electron chi connectivity index (χ0n) is 12.1. The highest BCUT2D eigenvalue weighted by atomic mass is 35.5. The van der Waals surface area contributed by atoms with Crippen LogP contribution in [0.25, 0.3) is 0 Å². The Balaban J connectivity index is 2.04. The van der Waals surface area contributed by atoms with E-state index in [1.165, 1.54) is 16.4 Å². The van der Waals surface area contributed by atoms with Gasteiger partial charge in [-0.05, 0) is 43.4 Å². The third-order valence-electron chi connectivity index (χ3n) is 4.73. The number of carbonyl (C=O) groups is 1. The van der Waals surface area contributed by atoms with Crippen LogP contribution in [0, 0.1) is 5.92 Å². The van der Waals surface area contributed by atoms with Crippen LogP contribution < -0.4 is 5.73 Å². The van der Waals surface area contributed by atoms with Crippen LogP contribution >= 0.6 is 11.6 Å². The van der Waals surface area contributed by atoms with Crippen molar-refractivity contribution >= 4 is 27.5 Å². The summed E-state index contributed by atoms with van der Waals surface area (Å²) in [6, 6.07) is 5.27. The molecule has 1 aliphatic carbocycles. The zero-order valence-corrected chi connectivity index (χ0v) is 13.7. The maximum atomic E-state index is 13.0. The van der Waals surface area contributed by atoms with E-state index in [1.54, 1.807) is 12.1 Å². The summed E-state index contributed by atoms with van der Waals surface area (Å²) in [6.45, 7) is 0. The van der Waals surface area contributed by atoms with Crippen LogP contribution in [0.3, 0.4) is 0 Å². The Hall–Kier alpha value is -1.11. The van der Waals surface area contributed by atoms with Crippen LogP contribution in [0.5, 0.6) is 0 Å². The van der Waals surface area contributed by atoms with Crippen LogP contribution in [0.2, 0.25) is 5.02 Å². The van der Waals surface area contributed by atoms with Gasteiger partial charge < -0.3 is 5.73 Å². The van der Waals surface area contributed by atoms with Crippen molar-refractivity contribution in [2.45, 2.75) is 49.1 Å². The summed E-state index contributed by atoms with van der Waals surface area (Å²) in [7, 11) is -3.78. The minimum atomic E-state index is -3.78. The predicted octanol–water partition coefficient (Wildman–Crippen LogP) is 2.15. The Morgan fingerprint density at radius 2 is 2.00 bits per heavy atom. The van der Waals surface area contributed by atoms with Gasteiger partial charge in [-0.25, -0.2) is 8.42 Å². The summed E-state index contributed by atoms with van der Waals surface area (Å²) >= 11 is 5.92. The summed E-state index contributed by atoms with van der Waals surface area (Å²) in [4.78, 5) is 11.9. The second kappa shape index (κ2) is 5.83. The molecule has 5 nitrogen and oxygen atoms in total. The summed E-state index contributed by atoms with van der Waals surface area (Å²) in [5.41, 5.74) is 5.48. The number of hydrogen-bond donors (Lipinski definition) is 1. The number of nitrogens with two attached hydrogens (primary N) is 1. The summed E-state index contributed by atoms with van der Waals surface area (Å²) in [5.74, 6) is -0.347. The van der Waals surface area contributed by atoms with E-state index >= 15 is 0 Å². The average Bonchev–Trinajstić information content (AvgIpc) is 2.87. The smallest absolute Gasteiger partial charge is 0.244 e. The first-order valence-electron chi connectivity index (χ1n) is 7.49. The van der Waals surface area contributed by atoms with E-state index in [2.05, 4.69) is 0 Å². The number of sulfonamides is 1. The van der Waals surface area contributed by atoms with E-state index < -0.39 is 22.0 Å². The molecule has 1 amide bonds. The number of amides is 1. The first kappa shape index (κ1) is 15.8. The normalized spacial score (nSPS) is 29.2. The van der Waals surface area contributed by atoms with E-state index in [0.717, 1.165) is 25.7 Å². The molecule has 1 saturated heterocycles. The first-order chi connectivity index (χ1) is 10.4. The molecular formula is C15H19ClN2O3S. The topological polar surface area (TPSA) is 80.5 Å². The number of fused-ring (bicyclic) bond motifs is 1. The molecule has 1 aliphatic heterocycles. The van der Waals surface area contributed by atoms with Crippen LogP contribution in [0.1, 0.15) is 32.1 Å². The lowest BCUT2D eigenvalue weighted by molar-refractivity contribution is -0.121. The average molecular weight is 343 g/mol. The fourth-order valence-electron chi connectivity index (χ4n) is 3.76. The van der Waals surface area contributed by atoms with Gasteiger partial charge in [-0.2, -0.15) is 4.31 Å². The molecule has 2 aliphatic rings. The molecule has 1 aromatic carbocycles. The van der Waals surface area contributed by atoms with Gasteiger partial charge in [-0.1, -0.05) is 30.5 Å². The monoisotopic (exact) mass is 342 g/mol. The number of hydrogen-bond acceptors (Lipinski definition) is 3. The van der Waals surface area contributed by atoms with Crippen molar-refractivity contribution < 1.29 is 13.2 Å². The Bertz CT molecular complexity index is 692. The molecule has 3 atom stereocenters. The highest BCUT2D eigenvalue weighted by molar-refractivity contribution is 7.89. The van der Waals surface area contributed by atoms with E-state index in [4.69, 9.17) is 17.3 Å². The zero-order chi connectivity index (χ0) is 15.9. The van der Waals surface area contributed by atoms with Gasteiger partial charge in [0.25, 0.3) is 0 Å². The Morgan fingerprint density at radius 3 is 2.68 bits per heavy atom. The van der Waals surface area contributed by atoms with E-state index in [-0.39, 0.29) is 16.9 Å². The summed E-state index contributed by atoms with van der Waals surface area (Å²) in [6.07, 6.45) is 4.33. The maximum Gasteiger partial charge on any atom is 0.244 e. The van der Waals surface area contributed by atoms with Gasteiger partial charge in [0, 0.05) is 11.1 Å². The Kier molecular flexibility index (Phi) is 4.18. The molecule has 1 heterocycles. The quantitative estimate of drug-likeness (QED) is 0.913. The van der Waals surface area contributed by atoms with E-state index in [0.29, 0.717) is 11.4 Å². The number of primary amides is 1. The largest absolute Gasteiger partial charge is 0.368 e. The minimum absolute atomic E-state index is 0.123.